The Labute approximate surface area is 86.2 Å². The maximum absolute atomic E-state index is 4.47. The molecule has 0 aromatic carbocycles. The van der Waals surface area contributed by atoms with E-state index in [1.807, 2.05) is 18.2 Å². The van der Waals surface area contributed by atoms with Crippen LogP contribution in [0.4, 0.5) is 0 Å². The van der Waals surface area contributed by atoms with E-state index in [4.69, 9.17) is 0 Å². The van der Waals surface area contributed by atoms with Gasteiger partial charge in [-0.3, -0.25) is 0 Å². The second-order valence-corrected chi connectivity index (χ2v) is 3.11. The van der Waals surface area contributed by atoms with Gasteiger partial charge in [-0.25, -0.2) is 4.98 Å². The van der Waals surface area contributed by atoms with Gasteiger partial charge in [0, 0.05) is 0 Å². The number of pyridine rings is 1. The lowest BCUT2D eigenvalue weighted by Gasteiger charge is -1.95. The molecule has 74 valence electrons. The summed E-state index contributed by atoms with van der Waals surface area (Å²) in [4.78, 5) is 4.47. The number of rotatable bonds is 4. The summed E-state index contributed by atoms with van der Waals surface area (Å²) in [5.74, 6) is 0. The van der Waals surface area contributed by atoms with Crippen LogP contribution in [0.15, 0.2) is 30.4 Å². The van der Waals surface area contributed by atoms with Crippen molar-refractivity contribution in [3.8, 4) is 0 Å². The van der Waals surface area contributed by atoms with Crippen LogP contribution >= 0.6 is 0 Å². The first-order valence-corrected chi connectivity index (χ1v) is 5.17. The van der Waals surface area contributed by atoms with Gasteiger partial charge >= 0.3 is 0 Å². The van der Waals surface area contributed by atoms with Crippen LogP contribution in [-0.2, 0) is 0 Å². The molecule has 1 heteroatoms. The van der Waals surface area contributed by atoms with Crippen molar-refractivity contribution in [3.63, 3.8) is 0 Å². The van der Waals surface area contributed by atoms with E-state index >= 15 is 0 Å². The van der Waals surface area contributed by atoms with Crippen LogP contribution in [0.25, 0.3) is 12.2 Å². The summed E-state index contributed by atoms with van der Waals surface area (Å²) in [6.07, 6.45) is 10.5. The average molecular weight is 187 g/mol. The topological polar surface area (TPSA) is 12.9 Å². The molecule has 0 aliphatic rings. The Morgan fingerprint density at radius 2 is 1.50 bits per heavy atom. The van der Waals surface area contributed by atoms with Crippen molar-refractivity contribution in [1.29, 1.82) is 0 Å². The highest BCUT2D eigenvalue weighted by molar-refractivity contribution is 5.50. The molecule has 0 saturated carbocycles. The van der Waals surface area contributed by atoms with E-state index in [0.717, 1.165) is 24.2 Å². The molecular formula is C13H17N. The third kappa shape index (κ3) is 3.56. The predicted octanol–water partition coefficient (Wildman–Crippen LogP) is 3.93. The summed E-state index contributed by atoms with van der Waals surface area (Å²) in [6.45, 7) is 4.24. The van der Waals surface area contributed by atoms with Gasteiger partial charge in [0.05, 0.1) is 11.4 Å². The maximum Gasteiger partial charge on any atom is 0.0633 e. The van der Waals surface area contributed by atoms with Crippen molar-refractivity contribution < 1.29 is 0 Å². The van der Waals surface area contributed by atoms with Gasteiger partial charge in [-0.05, 0) is 37.1 Å². The average Bonchev–Trinajstić information content (AvgIpc) is 2.24. The van der Waals surface area contributed by atoms with Gasteiger partial charge in [0.1, 0.15) is 0 Å². The van der Waals surface area contributed by atoms with E-state index in [1.54, 1.807) is 0 Å². The van der Waals surface area contributed by atoms with Crippen LogP contribution in [0.1, 0.15) is 38.1 Å². The number of hydrogen-bond acceptors (Lipinski definition) is 1. The second kappa shape index (κ2) is 6.14. The van der Waals surface area contributed by atoms with Crippen LogP contribution in [0.5, 0.6) is 0 Å². The standard InChI is InChI=1S/C13H17N/c1-3-5-8-12-10-7-11-13(14-12)9-6-4-2/h5-11H,3-4H2,1-2H3/b8-5+,9-6+. The fourth-order valence-electron chi connectivity index (χ4n) is 1.13. The quantitative estimate of drug-likeness (QED) is 0.696. The summed E-state index contributed by atoms with van der Waals surface area (Å²) in [5, 5.41) is 0. The molecule has 0 saturated heterocycles. The van der Waals surface area contributed by atoms with Gasteiger partial charge in [-0.1, -0.05) is 32.1 Å². The van der Waals surface area contributed by atoms with Crippen molar-refractivity contribution in [1.82, 2.24) is 4.98 Å². The van der Waals surface area contributed by atoms with Gasteiger partial charge in [-0.2, -0.15) is 0 Å². The Morgan fingerprint density at radius 1 is 1.00 bits per heavy atom. The van der Waals surface area contributed by atoms with Gasteiger partial charge in [0.15, 0.2) is 0 Å². The second-order valence-electron chi connectivity index (χ2n) is 3.11. The Hall–Kier alpha value is -1.37. The molecule has 1 nitrogen and oxygen atoms in total. The van der Waals surface area contributed by atoms with E-state index in [0.29, 0.717) is 0 Å². The monoisotopic (exact) mass is 187 g/mol. The third-order valence-electron chi connectivity index (χ3n) is 1.84. The molecule has 0 N–H and O–H groups in total. The molecule has 0 radical (unpaired) electrons. The molecular weight excluding hydrogens is 170 g/mol. The molecule has 0 amide bonds. The van der Waals surface area contributed by atoms with Gasteiger partial charge in [0.2, 0.25) is 0 Å². The van der Waals surface area contributed by atoms with Crippen molar-refractivity contribution in [3.05, 3.63) is 41.7 Å². The Bertz CT molecular complexity index is 295. The normalized spacial score (nSPS) is 11.6. The SMILES string of the molecule is CC/C=C/c1cccc(/C=C/CC)n1. The maximum atomic E-state index is 4.47. The zero-order chi connectivity index (χ0) is 10.2. The minimum Gasteiger partial charge on any atom is -0.249 e. The van der Waals surface area contributed by atoms with Crippen LogP contribution < -0.4 is 0 Å². The Kier molecular flexibility index (Phi) is 4.70. The largest absolute Gasteiger partial charge is 0.249 e. The molecule has 0 aliphatic carbocycles. The van der Waals surface area contributed by atoms with Gasteiger partial charge in [-0.15, -0.1) is 0 Å². The highest BCUT2D eigenvalue weighted by Gasteiger charge is 1.89. The zero-order valence-corrected chi connectivity index (χ0v) is 8.90. The lowest BCUT2D eigenvalue weighted by atomic mass is 10.2. The minimum absolute atomic E-state index is 1.03. The lowest BCUT2D eigenvalue weighted by molar-refractivity contribution is 1.21. The Morgan fingerprint density at radius 3 is 1.93 bits per heavy atom. The highest BCUT2D eigenvalue weighted by Crippen LogP contribution is 2.04. The molecule has 14 heavy (non-hydrogen) atoms. The lowest BCUT2D eigenvalue weighted by Crippen LogP contribution is -1.83. The summed E-state index contributed by atoms with van der Waals surface area (Å²) in [7, 11) is 0. The van der Waals surface area contributed by atoms with Gasteiger partial charge in [0.25, 0.3) is 0 Å². The summed E-state index contributed by atoms with van der Waals surface area (Å²) < 4.78 is 0. The molecule has 0 aliphatic heterocycles. The highest BCUT2D eigenvalue weighted by atomic mass is 14.7. The van der Waals surface area contributed by atoms with Crippen molar-refractivity contribution in [2.45, 2.75) is 26.7 Å². The number of hydrogen-bond donors (Lipinski definition) is 0. The van der Waals surface area contributed by atoms with Crippen molar-refractivity contribution in [2.24, 2.45) is 0 Å². The number of aromatic nitrogens is 1. The van der Waals surface area contributed by atoms with Crippen LogP contribution in [0.2, 0.25) is 0 Å². The predicted molar refractivity (Wildman–Crippen MR) is 62.9 cm³/mol. The van der Waals surface area contributed by atoms with Crippen LogP contribution in [-0.4, -0.2) is 4.98 Å². The van der Waals surface area contributed by atoms with Crippen LogP contribution in [0.3, 0.4) is 0 Å². The molecule has 0 spiro atoms. The first-order chi connectivity index (χ1) is 6.86. The molecule has 1 rings (SSSR count). The van der Waals surface area contributed by atoms with E-state index < -0.39 is 0 Å². The third-order valence-corrected chi connectivity index (χ3v) is 1.84. The van der Waals surface area contributed by atoms with Crippen molar-refractivity contribution >= 4 is 12.2 Å². The summed E-state index contributed by atoms with van der Waals surface area (Å²) in [6, 6.07) is 6.09. The summed E-state index contributed by atoms with van der Waals surface area (Å²) >= 11 is 0. The molecule has 0 unspecified atom stereocenters. The molecule has 1 aromatic rings. The summed E-state index contributed by atoms with van der Waals surface area (Å²) in [5.41, 5.74) is 2.07. The first kappa shape index (κ1) is 10.7. The van der Waals surface area contributed by atoms with Gasteiger partial charge < -0.3 is 0 Å². The molecule has 1 aromatic heterocycles. The number of allylic oxidation sites excluding steroid dienone is 2. The Balaban J connectivity index is 2.78. The van der Waals surface area contributed by atoms with E-state index in [-0.39, 0.29) is 0 Å². The van der Waals surface area contributed by atoms with E-state index in [1.165, 1.54) is 0 Å². The molecule has 0 fully saturated rings. The minimum atomic E-state index is 1.03. The number of nitrogens with zero attached hydrogens (tertiary/aromatic N) is 1. The molecule has 0 bridgehead atoms. The van der Waals surface area contributed by atoms with Crippen molar-refractivity contribution in [2.75, 3.05) is 0 Å². The molecule has 0 atom stereocenters. The van der Waals surface area contributed by atoms with Crippen LogP contribution in [0, 0.1) is 0 Å². The van der Waals surface area contributed by atoms with E-state index in [2.05, 4.69) is 43.1 Å². The fraction of sp³-hybridized carbons (Fsp3) is 0.308. The first-order valence-electron chi connectivity index (χ1n) is 5.17. The molecule has 1 heterocycles. The van der Waals surface area contributed by atoms with E-state index in [9.17, 15) is 0 Å². The zero-order valence-electron chi connectivity index (χ0n) is 8.90. The fourth-order valence-corrected chi connectivity index (χ4v) is 1.13. The smallest absolute Gasteiger partial charge is 0.0633 e.